The largest absolute Gasteiger partial charge is 0.469 e. The first-order valence-corrected chi connectivity index (χ1v) is 7.55. The summed E-state index contributed by atoms with van der Waals surface area (Å²) in [4.78, 5) is 24.3. The van der Waals surface area contributed by atoms with Crippen LogP contribution >= 0.6 is 11.3 Å². The Kier molecular flexibility index (Phi) is 6.67. The van der Waals surface area contributed by atoms with Gasteiger partial charge >= 0.3 is 5.97 Å². The van der Waals surface area contributed by atoms with Crippen molar-refractivity contribution in [2.75, 3.05) is 19.0 Å². The van der Waals surface area contributed by atoms with E-state index >= 15 is 0 Å². The van der Waals surface area contributed by atoms with Gasteiger partial charge in [0.15, 0.2) is 0 Å². The van der Waals surface area contributed by atoms with Crippen molar-refractivity contribution in [2.24, 2.45) is 0 Å². The summed E-state index contributed by atoms with van der Waals surface area (Å²) < 4.78 is 4.67. The molecule has 5 nitrogen and oxygen atoms in total. The highest BCUT2D eigenvalue weighted by Crippen LogP contribution is 2.28. The van der Waals surface area contributed by atoms with Gasteiger partial charge in [0.05, 0.1) is 25.3 Å². The van der Waals surface area contributed by atoms with Crippen LogP contribution in [-0.4, -0.2) is 31.6 Å². The molecule has 6 heteroatoms. The average molecular weight is 298 g/mol. The molecule has 0 aliphatic heterocycles. The van der Waals surface area contributed by atoms with Gasteiger partial charge < -0.3 is 15.4 Å². The van der Waals surface area contributed by atoms with Crippen LogP contribution in [0.1, 0.15) is 30.7 Å². The Morgan fingerprint density at radius 2 is 2.15 bits per heavy atom. The fourth-order valence-electron chi connectivity index (χ4n) is 1.68. The molecule has 1 unspecified atom stereocenters. The lowest BCUT2D eigenvalue weighted by atomic mass is 10.2. The number of hydrogen-bond acceptors (Lipinski definition) is 5. The first-order valence-electron chi connectivity index (χ1n) is 6.67. The number of hydrogen-bond donors (Lipinski definition) is 2. The Morgan fingerprint density at radius 3 is 2.75 bits per heavy atom. The van der Waals surface area contributed by atoms with Gasteiger partial charge in [-0.05, 0) is 37.8 Å². The fraction of sp³-hybridized carbons (Fsp3) is 0.571. The van der Waals surface area contributed by atoms with Crippen molar-refractivity contribution < 1.29 is 14.3 Å². The van der Waals surface area contributed by atoms with E-state index in [0.717, 1.165) is 29.1 Å². The summed E-state index contributed by atoms with van der Waals surface area (Å²) in [5, 5.41) is 7.96. The molecule has 1 rings (SSSR count). The number of methoxy groups -OCH3 is 1. The van der Waals surface area contributed by atoms with Crippen LogP contribution in [0, 0.1) is 6.92 Å². The molecule has 0 saturated carbocycles. The molecule has 1 heterocycles. The molecule has 0 aliphatic carbocycles. The quantitative estimate of drug-likeness (QED) is 0.757. The Balaban J connectivity index is 2.73. The van der Waals surface area contributed by atoms with Gasteiger partial charge in [-0.25, -0.2) is 0 Å². The van der Waals surface area contributed by atoms with Gasteiger partial charge in [0.25, 0.3) is 0 Å². The second-order valence-electron chi connectivity index (χ2n) is 4.63. The van der Waals surface area contributed by atoms with Gasteiger partial charge in [-0.1, -0.05) is 6.92 Å². The summed E-state index contributed by atoms with van der Waals surface area (Å²) in [5.41, 5.74) is 1.69. The van der Waals surface area contributed by atoms with Gasteiger partial charge in [-0.3, -0.25) is 9.59 Å². The predicted molar refractivity (Wildman–Crippen MR) is 81.2 cm³/mol. The number of rotatable bonds is 7. The molecule has 0 aromatic carbocycles. The number of aryl methyl sites for hydroxylation is 1. The molecule has 0 saturated heterocycles. The number of thiophene rings is 1. The summed E-state index contributed by atoms with van der Waals surface area (Å²) in [6.07, 6.45) is 1.16. The number of anilines is 1. The van der Waals surface area contributed by atoms with E-state index in [0.29, 0.717) is 0 Å². The highest BCUT2D eigenvalue weighted by Gasteiger charge is 2.18. The van der Waals surface area contributed by atoms with Crippen LogP contribution in [0.3, 0.4) is 0 Å². The average Bonchev–Trinajstić information content (AvgIpc) is 2.77. The highest BCUT2D eigenvalue weighted by molar-refractivity contribution is 7.10. The minimum Gasteiger partial charge on any atom is -0.469 e. The molecule has 112 valence electrons. The molecule has 1 amide bonds. The predicted octanol–water partition coefficient (Wildman–Crippen LogP) is 2.10. The summed E-state index contributed by atoms with van der Waals surface area (Å²) in [6.45, 7) is 6.59. The topological polar surface area (TPSA) is 67.4 Å². The zero-order valence-corrected chi connectivity index (χ0v) is 13.2. The Labute approximate surface area is 123 Å². The third kappa shape index (κ3) is 4.61. The van der Waals surface area contributed by atoms with Crippen LogP contribution in [0.4, 0.5) is 5.69 Å². The second-order valence-corrected chi connectivity index (χ2v) is 5.60. The summed E-state index contributed by atoms with van der Waals surface area (Å²) in [5.74, 6) is -0.398. The first-order chi connectivity index (χ1) is 9.49. The molecule has 1 aromatic rings. The van der Waals surface area contributed by atoms with Crippen molar-refractivity contribution in [1.29, 1.82) is 0 Å². The van der Waals surface area contributed by atoms with Crippen molar-refractivity contribution in [2.45, 2.75) is 39.7 Å². The van der Waals surface area contributed by atoms with E-state index in [1.54, 1.807) is 0 Å². The Bertz CT molecular complexity index is 471. The Hall–Kier alpha value is -1.40. The van der Waals surface area contributed by atoms with Crippen molar-refractivity contribution in [3.63, 3.8) is 0 Å². The van der Waals surface area contributed by atoms with Gasteiger partial charge in [-0.15, -0.1) is 11.3 Å². The highest BCUT2D eigenvalue weighted by atomic mass is 32.1. The summed E-state index contributed by atoms with van der Waals surface area (Å²) >= 11 is 1.46. The minimum atomic E-state index is -0.306. The van der Waals surface area contributed by atoms with Crippen molar-refractivity contribution in [1.82, 2.24) is 5.32 Å². The van der Waals surface area contributed by atoms with Crippen molar-refractivity contribution >= 4 is 28.9 Å². The fourth-order valence-corrected chi connectivity index (χ4v) is 2.65. The second kappa shape index (κ2) is 8.01. The van der Waals surface area contributed by atoms with Crippen molar-refractivity contribution in [3.8, 4) is 0 Å². The number of ether oxygens (including phenoxy) is 1. The normalized spacial score (nSPS) is 12.0. The zero-order valence-electron chi connectivity index (χ0n) is 12.4. The molecule has 1 atom stereocenters. The third-order valence-corrected chi connectivity index (χ3v) is 4.03. The van der Waals surface area contributed by atoms with E-state index in [9.17, 15) is 9.59 Å². The van der Waals surface area contributed by atoms with Crippen LogP contribution < -0.4 is 10.6 Å². The lowest BCUT2D eigenvalue weighted by Gasteiger charge is -2.14. The zero-order chi connectivity index (χ0) is 15.1. The number of carbonyl (C=O) groups excluding carboxylic acids is 2. The monoisotopic (exact) mass is 298 g/mol. The van der Waals surface area contributed by atoms with E-state index < -0.39 is 0 Å². The third-order valence-electron chi connectivity index (χ3n) is 2.93. The molecule has 20 heavy (non-hydrogen) atoms. The van der Waals surface area contributed by atoms with Crippen LogP contribution in [-0.2, 0) is 20.7 Å². The molecule has 0 spiro atoms. The molecular weight excluding hydrogens is 276 g/mol. The molecule has 1 aromatic heterocycles. The van der Waals surface area contributed by atoms with E-state index in [1.165, 1.54) is 18.4 Å². The maximum absolute atomic E-state index is 12.1. The number of esters is 1. The molecule has 0 bridgehead atoms. The number of carbonyl (C=O) groups is 2. The van der Waals surface area contributed by atoms with Crippen LogP contribution in [0.15, 0.2) is 5.38 Å². The maximum Gasteiger partial charge on any atom is 0.310 e. The molecule has 0 aliphatic rings. The van der Waals surface area contributed by atoms with Gasteiger partial charge in [0.2, 0.25) is 5.91 Å². The van der Waals surface area contributed by atoms with Crippen LogP contribution in [0.25, 0.3) is 0 Å². The summed E-state index contributed by atoms with van der Waals surface area (Å²) in [6, 6.07) is -0.264. The number of nitrogens with one attached hydrogen (secondary N) is 2. The molecular formula is C14H22N2O3S. The molecule has 2 N–H and O–H groups in total. The van der Waals surface area contributed by atoms with Crippen LogP contribution in [0.5, 0.6) is 0 Å². The standard InChI is InChI=1S/C14H22N2O3S/c1-5-6-15-10(3)14(18)16-13-9(2)8-20-11(13)7-12(17)19-4/h8,10,15H,5-7H2,1-4H3,(H,16,18). The van der Waals surface area contributed by atoms with Gasteiger partial charge in [0.1, 0.15) is 0 Å². The molecule has 0 fully saturated rings. The van der Waals surface area contributed by atoms with Gasteiger partial charge in [0, 0.05) is 4.88 Å². The van der Waals surface area contributed by atoms with Crippen molar-refractivity contribution in [3.05, 3.63) is 15.8 Å². The maximum atomic E-state index is 12.1. The van der Waals surface area contributed by atoms with E-state index in [1.807, 2.05) is 19.2 Å². The van der Waals surface area contributed by atoms with E-state index in [-0.39, 0.29) is 24.3 Å². The van der Waals surface area contributed by atoms with Gasteiger partial charge in [-0.2, -0.15) is 0 Å². The summed E-state index contributed by atoms with van der Waals surface area (Å²) in [7, 11) is 1.36. The minimum absolute atomic E-state index is 0.0916. The smallest absolute Gasteiger partial charge is 0.310 e. The first kappa shape index (κ1) is 16.7. The van der Waals surface area contributed by atoms with E-state index in [4.69, 9.17) is 0 Å². The SMILES string of the molecule is CCCNC(C)C(=O)Nc1c(C)csc1CC(=O)OC. The lowest BCUT2D eigenvalue weighted by Crippen LogP contribution is -2.38. The van der Waals surface area contributed by atoms with E-state index in [2.05, 4.69) is 22.3 Å². The molecule has 0 radical (unpaired) electrons. The number of amides is 1. The Morgan fingerprint density at radius 1 is 1.45 bits per heavy atom. The lowest BCUT2D eigenvalue weighted by molar-refractivity contribution is -0.139. The van der Waals surface area contributed by atoms with Crippen LogP contribution in [0.2, 0.25) is 0 Å².